The number of piperidine rings is 1. The summed E-state index contributed by atoms with van der Waals surface area (Å²) >= 11 is 0. The molecular weight excluding hydrogens is 1100 g/mol. The monoisotopic (exact) mass is 1160 g/mol. The van der Waals surface area contributed by atoms with E-state index >= 15 is 0 Å². The molecule has 16 heteroatoms. The summed E-state index contributed by atoms with van der Waals surface area (Å²) in [4.78, 5) is 85.7. The molecule has 16 nitrogen and oxygen atoms in total. The molecule has 0 bridgehead atoms. The molecule has 2 aromatic heterocycles. The molecule has 3 aliphatic rings. The summed E-state index contributed by atoms with van der Waals surface area (Å²) in [6.45, 7) is 3.70. The van der Waals surface area contributed by atoms with Crippen LogP contribution in [0.15, 0.2) is 180 Å². The Bertz CT molecular complexity index is 4370. The Hall–Kier alpha value is -10.2. The first kappa shape index (κ1) is 56.9. The molecule has 8 aromatic carbocycles. The van der Waals surface area contributed by atoms with Crippen molar-refractivity contribution in [3.8, 4) is 45.0 Å². The summed E-state index contributed by atoms with van der Waals surface area (Å²) in [5.41, 5.74) is 20.0. The van der Waals surface area contributed by atoms with Crippen LogP contribution in [0, 0.1) is 0 Å². The summed E-state index contributed by atoms with van der Waals surface area (Å²) in [5.74, 6) is 1.00. The predicted octanol–water partition coefficient (Wildman–Crippen LogP) is 11.5. The minimum absolute atomic E-state index is 0.0585. The third-order valence-electron chi connectivity index (χ3n) is 16.9. The highest BCUT2D eigenvalue weighted by Gasteiger charge is 2.29. The Morgan fingerprint density at radius 1 is 0.466 bits per heavy atom. The van der Waals surface area contributed by atoms with Gasteiger partial charge in [-0.25, -0.2) is 9.97 Å². The average molecular weight is 1170 g/mol. The molecule has 13 rings (SSSR count). The van der Waals surface area contributed by atoms with Gasteiger partial charge in [-0.15, -0.1) is 0 Å². The van der Waals surface area contributed by atoms with Crippen LogP contribution in [0.3, 0.4) is 0 Å². The summed E-state index contributed by atoms with van der Waals surface area (Å²) in [6.07, 6.45) is 4.07. The summed E-state index contributed by atoms with van der Waals surface area (Å²) < 4.78 is 0. The lowest BCUT2D eigenvalue weighted by molar-refractivity contribution is 0.0602. The Kier molecular flexibility index (Phi) is 16.0. The van der Waals surface area contributed by atoms with Gasteiger partial charge in [-0.05, 0) is 189 Å². The van der Waals surface area contributed by atoms with Crippen molar-refractivity contribution < 1.29 is 19.2 Å². The number of nitrogens with zero attached hydrogens (tertiary/aromatic N) is 7. The standard InChI is InChI=1S/C72H68N12O4/c1-82(2)35-32-73-69(85)48-16-8-44(9-17-48)63-41-56-37-52(24-28-59(56)76-63)54-26-30-61-65(39-54)80-67(78-61)46-12-20-50(21-13-46)71(87)75-43-58-7-5-6-34-84(58)72(88)51-22-14-47(15-23-51)68-79-62-31-27-55(40-66(62)81-68)53-25-29-60-57(38-53)42-64(77-60)45-10-18-49(19-11-45)70(86)74-33-36-83(3)4/h8-31,37-40,58H,5-7,32-36,41-43H2,1-4H3,(H,73,85)(H,74,86)(H,75,87)(H,78,80)(H,79,81). The van der Waals surface area contributed by atoms with Crippen LogP contribution in [0.4, 0.5) is 11.4 Å². The normalized spacial score (nSPS) is 14.5. The smallest absolute Gasteiger partial charge is 0.254 e. The summed E-state index contributed by atoms with van der Waals surface area (Å²) in [6, 6.07) is 55.5. The number of carbonyl (C=O) groups excluding carboxylic acids is 4. The number of aromatic nitrogens is 4. The number of hydrogen-bond acceptors (Lipinski definition) is 10. The molecule has 5 heterocycles. The van der Waals surface area contributed by atoms with Crippen LogP contribution in [-0.2, 0) is 12.8 Å². The summed E-state index contributed by atoms with van der Waals surface area (Å²) in [5, 5.41) is 9.07. The number of likely N-dealkylation sites (N-methyl/N-ethyl adjacent to an activating group) is 2. The van der Waals surface area contributed by atoms with Crippen molar-refractivity contribution in [3.05, 3.63) is 214 Å². The molecule has 1 fully saturated rings. The highest BCUT2D eigenvalue weighted by atomic mass is 16.2. The Balaban J connectivity index is 0.599. The van der Waals surface area contributed by atoms with E-state index in [1.165, 1.54) is 0 Å². The van der Waals surface area contributed by atoms with Gasteiger partial charge >= 0.3 is 0 Å². The number of rotatable bonds is 18. The van der Waals surface area contributed by atoms with Gasteiger partial charge in [0.25, 0.3) is 23.6 Å². The number of fused-ring (bicyclic) bond motifs is 4. The van der Waals surface area contributed by atoms with E-state index in [1.807, 2.05) is 152 Å². The van der Waals surface area contributed by atoms with Crippen molar-refractivity contribution in [2.45, 2.75) is 38.1 Å². The zero-order valence-corrected chi connectivity index (χ0v) is 49.8. The van der Waals surface area contributed by atoms with E-state index in [2.05, 4.69) is 86.6 Å². The van der Waals surface area contributed by atoms with Gasteiger partial charge in [-0.3, -0.25) is 29.2 Å². The van der Waals surface area contributed by atoms with Crippen molar-refractivity contribution in [2.75, 3.05) is 67.5 Å². The number of hydrogen-bond donors (Lipinski definition) is 5. The maximum absolute atomic E-state index is 14.1. The molecule has 1 saturated heterocycles. The van der Waals surface area contributed by atoms with E-state index in [-0.39, 0.29) is 29.7 Å². The lowest BCUT2D eigenvalue weighted by Crippen LogP contribution is -2.49. The maximum Gasteiger partial charge on any atom is 0.254 e. The second-order valence-corrected chi connectivity index (χ2v) is 23.6. The van der Waals surface area contributed by atoms with Crippen LogP contribution < -0.4 is 16.0 Å². The number of nitrogens with one attached hydrogen (secondary N) is 5. The van der Waals surface area contributed by atoms with Gasteiger partial charge in [0.15, 0.2) is 0 Å². The number of aliphatic imine (C=N–C) groups is 2. The zero-order chi connectivity index (χ0) is 60.4. The molecule has 88 heavy (non-hydrogen) atoms. The average Bonchev–Trinajstić information content (AvgIpc) is 4.56. The van der Waals surface area contributed by atoms with Crippen LogP contribution in [0.25, 0.3) is 67.1 Å². The van der Waals surface area contributed by atoms with Crippen LogP contribution in [0.2, 0.25) is 0 Å². The fraction of sp³-hybridized carbons (Fsp3) is 0.222. The van der Waals surface area contributed by atoms with Gasteiger partial charge < -0.3 is 40.6 Å². The second kappa shape index (κ2) is 24.7. The Morgan fingerprint density at radius 3 is 1.32 bits per heavy atom. The number of aromatic amines is 2. The molecule has 5 N–H and O–H groups in total. The molecule has 10 aromatic rings. The number of imidazole rings is 2. The molecule has 4 amide bonds. The van der Waals surface area contributed by atoms with Gasteiger partial charge in [0.2, 0.25) is 0 Å². The van der Waals surface area contributed by atoms with E-state index in [1.54, 1.807) is 0 Å². The quantitative estimate of drug-likeness (QED) is 0.0559. The van der Waals surface area contributed by atoms with E-state index in [0.717, 1.165) is 133 Å². The van der Waals surface area contributed by atoms with Gasteiger partial charge in [0, 0.05) is 91.5 Å². The lowest BCUT2D eigenvalue weighted by atomic mass is 9.98. The lowest BCUT2D eigenvalue weighted by Gasteiger charge is -2.36. The van der Waals surface area contributed by atoms with E-state index in [4.69, 9.17) is 20.0 Å². The Morgan fingerprint density at radius 2 is 0.864 bits per heavy atom. The Labute approximate surface area is 510 Å². The topological polar surface area (TPSA) is 196 Å². The van der Waals surface area contributed by atoms with Gasteiger partial charge in [-0.2, -0.15) is 0 Å². The summed E-state index contributed by atoms with van der Waals surface area (Å²) in [7, 11) is 7.93. The molecule has 440 valence electrons. The van der Waals surface area contributed by atoms with Crippen molar-refractivity contribution in [3.63, 3.8) is 0 Å². The van der Waals surface area contributed by atoms with Crippen LogP contribution in [0.1, 0.15) is 82.9 Å². The largest absolute Gasteiger partial charge is 0.351 e. The van der Waals surface area contributed by atoms with Gasteiger partial charge in [0.1, 0.15) is 11.6 Å². The molecule has 0 saturated carbocycles. The first-order chi connectivity index (χ1) is 42.8. The van der Waals surface area contributed by atoms with Crippen LogP contribution in [-0.4, -0.2) is 143 Å². The molecule has 3 aliphatic heterocycles. The molecule has 1 atom stereocenters. The van der Waals surface area contributed by atoms with Crippen molar-refractivity contribution >= 4 is 68.5 Å². The number of amides is 4. The van der Waals surface area contributed by atoms with E-state index < -0.39 is 0 Å². The SMILES string of the molecule is CN(C)CCNC(=O)c1ccc(C2=Nc3ccc(-c4ccc5nc(-c6ccc(C(=O)NCC7CCCCN7C(=O)c7ccc(-c8nc9ccc(-c%10ccc%11c(c%10)CC(c%10ccc(C(=O)NCCN(C)C)cc%10)=N%11)cc9[nH]8)cc7)cc6)[nH]c5c4)cc3C2)cc1. The number of carbonyl (C=O) groups is 4. The van der Waals surface area contributed by atoms with E-state index in [9.17, 15) is 19.2 Å². The van der Waals surface area contributed by atoms with Gasteiger partial charge in [0.05, 0.1) is 44.9 Å². The number of likely N-dealkylation sites (tertiary alicyclic amines) is 1. The first-order valence-electron chi connectivity index (χ1n) is 30.1. The maximum atomic E-state index is 14.1. The van der Waals surface area contributed by atoms with Crippen LogP contribution in [0.5, 0.6) is 0 Å². The van der Waals surface area contributed by atoms with Gasteiger partial charge in [-0.1, -0.05) is 72.8 Å². The second-order valence-electron chi connectivity index (χ2n) is 23.6. The minimum Gasteiger partial charge on any atom is -0.351 e. The highest BCUT2D eigenvalue weighted by Crippen LogP contribution is 2.37. The fourth-order valence-electron chi connectivity index (χ4n) is 11.9. The van der Waals surface area contributed by atoms with E-state index in [0.29, 0.717) is 72.9 Å². The first-order valence-corrected chi connectivity index (χ1v) is 30.1. The number of benzene rings is 8. The third-order valence-corrected chi connectivity index (χ3v) is 16.9. The molecule has 1 unspecified atom stereocenters. The third kappa shape index (κ3) is 12.3. The molecule has 0 radical (unpaired) electrons. The van der Waals surface area contributed by atoms with Crippen molar-refractivity contribution in [1.29, 1.82) is 0 Å². The minimum atomic E-state index is -0.198. The van der Waals surface area contributed by atoms with Crippen LogP contribution >= 0.6 is 0 Å². The fourth-order valence-corrected chi connectivity index (χ4v) is 11.9. The van der Waals surface area contributed by atoms with Crippen molar-refractivity contribution in [2.24, 2.45) is 9.98 Å². The predicted molar refractivity (Wildman–Crippen MR) is 349 cm³/mol. The zero-order valence-electron chi connectivity index (χ0n) is 49.8. The molecular formula is C72H68N12O4. The highest BCUT2D eigenvalue weighted by molar-refractivity contribution is 6.09. The molecule has 0 aliphatic carbocycles. The number of H-pyrrole nitrogens is 2. The molecule has 0 spiro atoms. The van der Waals surface area contributed by atoms with Crippen molar-refractivity contribution in [1.82, 2.24) is 50.6 Å².